The van der Waals surface area contributed by atoms with Gasteiger partial charge in [-0.25, -0.2) is 8.78 Å². The third kappa shape index (κ3) is 4.59. The zero-order chi connectivity index (χ0) is 26.2. The number of fused-ring (bicyclic) bond motifs is 2. The fourth-order valence-corrected chi connectivity index (χ4v) is 4.53. The van der Waals surface area contributed by atoms with Crippen LogP contribution in [0.5, 0.6) is 5.75 Å². The first-order valence-electron chi connectivity index (χ1n) is 11.6. The van der Waals surface area contributed by atoms with Crippen LogP contribution in [0.15, 0.2) is 79.0 Å². The standard InChI is InChI=1S/C28H19ClF2N6O/c1-38-22-2-3-23-25(6-7-32-26(23)14-22)33-15-28-35-34-27-5-4-24(36-37(27)28)18-8-16(10-20(30)12-18)17-9-19(29)13-21(31)11-17/h2-14H,15H2,1H3,(H,32,33). The fraction of sp³-hybridized carbons (Fsp3) is 0.0714. The van der Waals surface area contributed by atoms with E-state index >= 15 is 0 Å². The fourth-order valence-electron chi connectivity index (χ4n) is 4.31. The molecule has 6 aromatic rings. The maximum absolute atomic E-state index is 14.6. The summed E-state index contributed by atoms with van der Waals surface area (Å²) in [4.78, 5) is 4.41. The second-order valence-corrected chi connectivity index (χ2v) is 9.02. The summed E-state index contributed by atoms with van der Waals surface area (Å²) in [6.07, 6.45) is 1.72. The van der Waals surface area contributed by atoms with E-state index in [0.29, 0.717) is 40.4 Å². The van der Waals surface area contributed by atoms with E-state index in [2.05, 4.69) is 25.6 Å². The summed E-state index contributed by atoms with van der Waals surface area (Å²) in [6.45, 7) is 0.332. The van der Waals surface area contributed by atoms with Crippen molar-refractivity contribution in [3.8, 4) is 28.1 Å². The van der Waals surface area contributed by atoms with Crippen LogP contribution in [0.3, 0.4) is 0 Å². The molecule has 0 fully saturated rings. The van der Waals surface area contributed by atoms with Crippen molar-refractivity contribution in [2.45, 2.75) is 6.54 Å². The average molecular weight is 529 g/mol. The molecule has 3 aromatic heterocycles. The van der Waals surface area contributed by atoms with Crippen molar-refractivity contribution < 1.29 is 13.5 Å². The number of anilines is 1. The number of benzene rings is 3. The molecule has 0 atom stereocenters. The minimum atomic E-state index is -0.499. The molecular formula is C28H19ClF2N6O. The highest BCUT2D eigenvalue weighted by molar-refractivity contribution is 6.30. The van der Waals surface area contributed by atoms with E-state index < -0.39 is 11.6 Å². The first-order chi connectivity index (χ1) is 18.5. The summed E-state index contributed by atoms with van der Waals surface area (Å²) < 4.78 is 35.4. The van der Waals surface area contributed by atoms with Gasteiger partial charge in [-0.15, -0.1) is 10.2 Å². The van der Waals surface area contributed by atoms with E-state index in [1.165, 1.54) is 24.3 Å². The largest absolute Gasteiger partial charge is 0.497 e. The Balaban J connectivity index is 1.33. The van der Waals surface area contributed by atoms with E-state index in [9.17, 15) is 8.78 Å². The van der Waals surface area contributed by atoms with E-state index in [1.807, 2.05) is 24.3 Å². The third-order valence-corrected chi connectivity index (χ3v) is 6.32. The van der Waals surface area contributed by atoms with Crippen molar-refractivity contribution in [1.82, 2.24) is 24.8 Å². The van der Waals surface area contributed by atoms with Gasteiger partial charge in [-0.2, -0.15) is 9.61 Å². The van der Waals surface area contributed by atoms with Gasteiger partial charge in [-0.3, -0.25) is 4.98 Å². The number of methoxy groups -OCH3 is 1. The van der Waals surface area contributed by atoms with Gasteiger partial charge in [0.25, 0.3) is 0 Å². The van der Waals surface area contributed by atoms with Crippen LogP contribution in [0.1, 0.15) is 5.82 Å². The number of nitrogens with zero attached hydrogens (tertiary/aromatic N) is 5. The monoisotopic (exact) mass is 528 g/mol. The highest BCUT2D eigenvalue weighted by Crippen LogP contribution is 2.30. The van der Waals surface area contributed by atoms with Crippen molar-refractivity contribution in [2.24, 2.45) is 0 Å². The summed E-state index contributed by atoms with van der Waals surface area (Å²) in [7, 11) is 1.61. The van der Waals surface area contributed by atoms with Gasteiger partial charge in [0.1, 0.15) is 17.4 Å². The predicted molar refractivity (Wildman–Crippen MR) is 142 cm³/mol. The quantitative estimate of drug-likeness (QED) is 0.264. The van der Waals surface area contributed by atoms with Crippen LogP contribution in [-0.2, 0) is 6.54 Å². The Hall–Kier alpha value is -4.63. The number of hydrogen-bond acceptors (Lipinski definition) is 6. The average Bonchev–Trinajstić information content (AvgIpc) is 3.32. The number of hydrogen-bond donors (Lipinski definition) is 1. The molecule has 0 aliphatic rings. The molecule has 6 rings (SSSR count). The second kappa shape index (κ2) is 9.68. The lowest BCUT2D eigenvalue weighted by Crippen LogP contribution is -2.07. The molecule has 0 amide bonds. The molecule has 0 saturated heterocycles. The number of rotatable bonds is 6. The zero-order valence-corrected chi connectivity index (χ0v) is 20.7. The summed E-state index contributed by atoms with van der Waals surface area (Å²) >= 11 is 6.01. The van der Waals surface area contributed by atoms with Crippen molar-refractivity contribution >= 4 is 33.8 Å². The smallest absolute Gasteiger partial charge is 0.178 e. The van der Waals surface area contributed by atoms with Gasteiger partial charge in [-0.1, -0.05) is 11.6 Å². The molecule has 1 N–H and O–H groups in total. The van der Waals surface area contributed by atoms with E-state index in [-0.39, 0.29) is 5.02 Å². The molecule has 188 valence electrons. The van der Waals surface area contributed by atoms with Gasteiger partial charge in [-0.05, 0) is 77.9 Å². The summed E-state index contributed by atoms with van der Waals surface area (Å²) in [5, 5.41) is 17.7. The van der Waals surface area contributed by atoms with Gasteiger partial charge >= 0.3 is 0 Å². The van der Waals surface area contributed by atoms with Gasteiger partial charge in [0.15, 0.2) is 11.5 Å². The molecule has 3 aromatic carbocycles. The van der Waals surface area contributed by atoms with Crippen LogP contribution >= 0.6 is 11.6 Å². The summed E-state index contributed by atoms with van der Waals surface area (Å²) in [6, 6.07) is 19.6. The predicted octanol–water partition coefficient (Wildman–Crippen LogP) is 6.56. The molecule has 0 unspecified atom stereocenters. The van der Waals surface area contributed by atoms with Crippen LogP contribution in [0.4, 0.5) is 14.5 Å². The highest BCUT2D eigenvalue weighted by Gasteiger charge is 2.13. The van der Waals surface area contributed by atoms with Crippen LogP contribution < -0.4 is 10.1 Å². The molecule has 0 saturated carbocycles. The maximum atomic E-state index is 14.6. The number of aromatic nitrogens is 5. The normalized spacial score (nSPS) is 11.3. The Bertz CT molecular complexity index is 1800. The number of pyridine rings is 1. The van der Waals surface area contributed by atoms with Gasteiger partial charge in [0.05, 0.1) is 24.9 Å². The molecule has 0 bridgehead atoms. The lowest BCUT2D eigenvalue weighted by atomic mass is 10.0. The maximum Gasteiger partial charge on any atom is 0.178 e. The Labute approximate surface area is 220 Å². The van der Waals surface area contributed by atoms with Gasteiger partial charge in [0.2, 0.25) is 0 Å². The Morgan fingerprint density at radius 3 is 2.47 bits per heavy atom. The van der Waals surface area contributed by atoms with Gasteiger partial charge in [0, 0.05) is 33.9 Å². The van der Waals surface area contributed by atoms with Crippen molar-refractivity contribution in [1.29, 1.82) is 0 Å². The molecule has 38 heavy (non-hydrogen) atoms. The van der Waals surface area contributed by atoms with E-state index in [1.54, 1.807) is 42.1 Å². The van der Waals surface area contributed by atoms with Crippen molar-refractivity contribution in [3.63, 3.8) is 0 Å². The number of halogens is 3. The SMILES string of the molecule is COc1ccc2c(NCc3nnc4ccc(-c5cc(F)cc(-c6cc(F)cc(Cl)c6)c5)nn34)ccnc2c1. The van der Waals surface area contributed by atoms with Crippen molar-refractivity contribution in [2.75, 3.05) is 12.4 Å². The lowest BCUT2D eigenvalue weighted by molar-refractivity contribution is 0.415. The first kappa shape index (κ1) is 23.7. The Morgan fingerprint density at radius 2 is 1.66 bits per heavy atom. The Morgan fingerprint density at radius 1 is 0.868 bits per heavy atom. The minimum absolute atomic E-state index is 0.230. The van der Waals surface area contributed by atoms with E-state index in [0.717, 1.165) is 22.3 Å². The Kier molecular flexibility index (Phi) is 6.05. The van der Waals surface area contributed by atoms with Crippen LogP contribution in [0.2, 0.25) is 5.02 Å². The summed E-state index contributed by atoms with van der Waals surface area (Å²) in [5.41, 5.74) is 4.18. The van der Waals surface area contributed by atoms with Crippen LogP contribution in [-0.4, -0.2) is 31.9 Å². The molecule has 7 nitrogen and oxygen atoms in total. The van der Waals surface area contributed by atoms with Crippen LogP contribution in [0.25, 0.3) is 38.9 Å². The molecule has 0 radical (unpaired) electrons. The molecule has 3 heterocycles. The second-order valence-electron chi connectivity index (χ2n) is 8.59. The van der Waals surface area contributed by atoms with Crippen LogP contribution in [0, 0.1) is 11.6 Å². The summed E-state index contributed by atoms with van der Waals surface area (Å²) in [5.74, 6) is 0.310. The molecule has 0 aliphatic carbocycles. The first-order valence-corrected chi connectivity index (χ1v) is 12.0. The topological polar surface area (TPSA) is 77.2 Å². The minimum Gasteiger partial charge on any atom is -0.497 e. The molecule has 0 spiro atoms. The molecular weight excluding hydrogens is 510 g/mol. The van der Waals surface area contributed by atoms with Gasteiger partial charge < -0.3 is 10.1 Å². The lowest BCUT2D eigenvalue weighted by Gasteiger charge is -2.10. The van der Waals surface area contributed by atoms with E-state index in [4.69, 9.17) is 16.3 Å². The zero-order valence-electron chi connectivity index (χ0n) is 20.0. The number of ether oxygens (including phenoxy) is 1. The molecule has 10 heteroatoms. The third-order valence-electron chi connectivity index (χ3n) is 6.10. The molecule has 0 aliphatic heterocycles. The number of nitrogens with one attached hydrogen (secondary N) is 1. The highest BCUT2D eigenvalue weighted by atomic mass is 35.5. The van der Waals surface area contributed by atoms with Crippen molar-refractivity contribution in [3.05, 3.63) is 101 Å².